The molecule has 3 N–H and O–H groups in total. The lowest BCUT2D eigenvalue weighted by atomic mass is 10.0. The van der Waals surface area contributed by atoms with Crippen LogP contribution in [0, 0.1) is 0 Å². The summed E-state index contributed by atoms with van der Waals surface area (Å²) in [5.41, 5.74) is 4.03. The zero-order valence-electron chi connectivity index (χ0n) is 18.7. The van der Waals surface area contributed by atoms with Crippen molar-refractivity contribution in [2.45, 2.75) is 25.6 Å². The standard InChI is InChI=1S/C29H26N2O3/c32-29(33)27(16-22-17-30-26-13-7-6-12-24(22)26)31-18-25-23-11-5-4-10-21(23)14-15-28(25)34-19-20-8-2-1-3-9-20/h1-15,17,27,30-31H,16,18-19H2,(H,32,33). The van der Waals surface area contributed by atoms with Gasteiger partial charge in [-0.15, -0.1) is 0 Å². The van der Waals surface area contributed by atoms with Gasteiger partial charge in [-0.05, 0) is 34.0 Å². The fourth-order valence-electron chi connectivity index (χ4n) is 4.36. The molecule has 170 valence electrons. The Bertz CT molecular complexity index is 1430. The first-order chi connectivity index (χ1) is 16.7. The van der Waals surface area contributed by atoms with Gasteiger partial charge in [0.15, 0.2) is 0 Å². The van der Waals surface area contributed by atoms with E-state index in [2.05, 4.69) is 22.4 Å². The number of H-pyrrole nitrogens is 1. The Hall–Kier alpha value is -4.09. The first-order valence-electron chi connectivity index (χ1n) is 11.4. The molecule has 0 saturated heterocycles. The third-order valence-corrected chi connectivity index (χ3v) is 6.16. The minimum absolute atomic E-state index is 0.379. The Morgan fingerprint density at radius 1 is 0.882 bits per heavy atom. The number of benzene rings is 4. The van der Waals surface area contributed by atoms with Crippen LogP contribution >= 0.6 is 0 Å². The van der Waals surface area contributed by atoms with Crippen LogP contribution in [0.1, 0.15) is 16.7 Å². The number of carbonyl (C=O) groups is 1. The molecule has 5 rings (SSSR count). The van der Waals surface area contributed by atoms with Crippen LogP contribution in [0.15, 0.2) is 97.2 Å². The van der Waals surface area contributed by atoms with E-state index in [0.717, 1.165) is 44.1 Å². The van der Waals surface area contributed by atoms with Gasteiger partial charge in [-0.25, -0.2) is 0 Å². The first kappa shape index (κ1) is 21.7. The fraction of sp³-hybridized carbons (Fsp3) is 0.138. The van der Waals surface area contributed by atoms with Gasteiger partial charge in [-0.3, -0.25) is 10.1 Å². The number of aliphatic carboxylic acids is 1. The minimum Gasteiger partial charge on any atom is -0.489 e. The number of para-hydroxylation sites is 1. The highest BCUT2D eigenvalue weighted by Crippen LogP contribution is 2.29. The van der Waals surface area contributed by atoms with Gasteiger partial charge in [0.2, 0.25) is 0 Å². The molecule has 5 heteroatoms. The largest absolute Gasteiger partial charge is 0.489 e. The van der Waals surface area contributed by atoms with Gasteiger partial charge < -0.3 is 14.8 Å². The van der Waals surface area contributed by atoms with Crippen LogP contribution < -0.4 is 10.1 Å². The second-order valence-corrected chi connectivity index (χ2v) is 8.37. The molecule has 1 heterocycles. The maximum atomic E-state index is 12.1. The maximum Gasteiger partial charge on any atom is 0.321 e. The zero-order valence-corrected chi connectivity index (χ0v) is 18.7. The lowest BCUT2D eigenvalue weighted by Crippen LogP contribution is -2.38. The van der Waals surface area contributed by atoms with Crippen molar-refractivity contribution in [2.75, 3.05) is 0 Å². The van der Waals surface area contributed by atoms with Crippen molar-refractivity contribution < 1.29 is 14.6 Å². The number of hydrogen-bond acceptors (Lipinski definition) is 3. The Kier molecular flexibility index (Phi) is 6.27. The highest BCUT2D eigenvalue weighted by molar-refractivity contribution is 5.88. The monoisotopic (exact) mass is 450 g/mol. The third kappa shape index (κ3) is 4.65. The first-order valence-corrected chi connectivity index (χ1v) is 11.4. The summed E-state index contributed by atoms with van der Waals surface area (Å²) in [6.07, 6.45) is 2.28. The van der Waals surface area contributed by atoms with Crippen molar-refractivity contribution >= 4 is 27.6 Å². The summed E-state index contributed by atoms with van der Waals surface area (Å²) in [7, 11) is 0. The van der Waals surface area contributed by atoms with Crippen LogP contribution in [0.25, 0.3) is 21.7 Å². The molecule has 1 atom stereocenters. The van der Waals surface area contributed by atoms with E-state index in [1.165, 1.54) is 0 Å². The van der Waals surface area contributed by atoms with Crippen molar-refractivity contribution in [3.63, 3.8) is 0 Å². The van der Waals surface area contributed by atoms with Gasteiger partial charge in [-0.1, -0.05) is 78.9 Å². The van der Waals surface area contributed by atoms with Gasteiger partial charge in [0.25, 0.3) is 0 Å². The summed E-state index contributed by atoms with van der Waals surface area (Å²) in [6.45, 7) is 0.828. The van der Waals surface area contributed by atoms with Crippen molar-refractivity contribution in [2.24, 2.45) is 0 Å². The maximum absolute atomic E-state index is 12.1. The SMILES string of the molecule is O=C(O)C(Cc1c[nH]c2ccccc12)NCc1c(OCc2ccccc2)ccc2ccccc12. The Balaban J connectivity index is 1.40. The Labute approximate surface area is 198 Å². The zero-order chi connectivity index (χ0) is 23.3. The summed E-state index contributed by atoms with van der Waals surface area (Å²) < 4.78 is 6.20. The molecule has 1 aromatic heterocycles. The van der Waals surface area contributed by atoms with E-state index in [-0.39, 0.29) is 0 Å². The molecular weight excluding hydrogens is 424 g/mol. The van der Waals surface area contributed by atoms with Crippen LogP contribution in [0.3, 0.4) is 0 Å². The van der Waals surface area contributed by atoms with Crippen LogP contribution in [0.5, 0.6) is 5.75 Å². The second kappa shape index (κ2) is 9.81. The Morgan fingerprint density at radius 2 is 1.62 bits per heavy atom. The summed E-state index contributed by atoms with van der Waals surface area (Å²) in [6, 6.07) is 29.3. The molecule has 0 bridgehead atoms. The van der Waals surface area contributed by atoms with Crippen LogP contribution in [-0.2, 0) is 24.4 Å². The molecule has 34 heavy (non-hydrogen) atoms. The average Bonchev–Trinajstić information content (AvgIpc) is 3.28. The quantitative estimate of drug-likeness (QED) is 0.270. The van der Waals surface area contributed by atoms with E-state index in [0.29, 0.717) is 19.6 Å². The molecule has 0 spiro atoms. The number of ether oxygens (including phenoxy) is 1. The van der Waals surface area contributed by atoms with Crippen molar-refractivity contribution in [3.8, 4) is 5.75 Å². The summed E-state index contributed by atoms with van der Waals surface area (Å²) >= 11 is 0. The van der Waals surface area contributed by atoms with Gasteiger partial charge >= 0.3 is 5.97 Å². The molecule has 0 aliphatic heterocycles. The summed E-state index contributed by atoms with van der Waals surface area (Å²) in [5, 5.41) is 16.4. The lowest BCUT2D eigenvalue weighted by molar-refractivity contribution is -0.139. The normalized spacial score (nSPS) is 12.1. The molecule has 4 aromatic carbocycles. The molecule has 0 aliphatic carbocycles. The predicted octanol–water partition coefficient (Wildman–Crippen LogP) is 5.69. The van der Waals surface area contributed by atoms with E-state index in [9.17, 15) is 9.90 Å². The molecule has 0 aliphatic rings. The molecule has 5 aromatic rings. The molecule has 5 nitrogen and oxygen atoms in total. The molecule has 0 saturated carbocycles. The lowest BCUT2D eigenvalue weighted by Gasteiger charge is -2.18. The topological polar surface area (TPSA) is 74.3 Å². The van der Waals surface area contributed by atoms with Crippen LogP contribution in [-0.4, -0.2) is 22.1 Å². The molecular formula is C29H26N2O3. The van der Waals surface area contributed by atoms with Crippen LogP contribution in [0.4, 0.5) is 0 Å². The average molecular weight is 451 g/mol. The molecule has 1 unspecified atom stereocenters. The highest BCUT2D eigenvalue weighted by atomic mass is 16.5. The number of rotatable bonds is 9. The van der Waals surface area contributed by atoms with E-state index < -0.39 is 12.0 Å². The van der Waals surface area contributed by atoms with Crippen molar-refractivity contribution in [1.82, 2.24) is 10.3 Å². The summed E-state index contributed by atoms with van der Waals surface area (Å²) in [4.78, 5) is 15.4. The van der Waals surface area contributed by atoms with E-state index in [1.54, 1.807) is 0 Å². The predicted molar refractivity (Wildman–Crippen MR) is 135 cm³/mol. The third-order valence-electron chi connectivity index (χ3n) is 6.16. The smallest absolute Gasteiger partial charge is 0.321 e. The van der Waals surface area contributed by atoms with Gasteiger partial charge in [-0.2, -0.15) is 0 Å². The number of carboxylic acids is 1. The van der Waals surface area contributed by atoms with Crippen molar-refractivity contribution in [1.29, 1.82) is 0 Å². The van der Waals surface area contributed by atoms with Crippen LogP contribution in [0.2, 0.25) is 0 Å². The van der Waals surface area contributed by atoms with Gasteiger partial charge in [0, 0.05) is 35.6 Å². The molecule has 0 radical (unpaired) electrons. The van der Waals surface area contributed by atoms with Gasteiger partial charge in [0.05, 0.1) is 0 Å². The number of fused-ring (bicyclic) bond motifs is 2. The fourth-order valence-corrected chi connectivity index (χ4v) is 4.36. The van der Waals surface area contributed by atoms with E-state index in [4.69, 9.17) is 4.74 Å². The van der Waals surface area contributed by atoms with E-state index in [1.807, 2.05) is 85.1 Å². The number of aromatic nitrogens is 1. The highest BCUT2D eigenvalue weighted by Gasteiger charge is 2.20. The summed E-state index contributed by atoms with van der Waals surface area (Å²) in [5.74, 6) is -0.122. The number of aromatic amines is 1. The molecule has 0 fully saturated rings. The Morgan fingerprint density at radius 3 is 2.44 bits per heavy atom. The molecule has 0 amide bonds. The van der Waals surface area contributed by atoms with E-state index >= 15 is 0 Å². The minimum atomic E-state index is -0.878. The number of nitrogens with one attached hydrogen (secondary N) is 2. The van der Waals surface area contributed by atoms with Gasteiger partial charge in [0.1, 0.15) is 18.4 Å². The van der Waals surface area contributed by atoms with Crippen molar-refractivity contribution in [3.05, 3.63) is 114 Å². The number of carboxylic acid groups (broad SMARTS) is 1. The second-order valence-electron chi connectivity index (χ2n) is 8.37. The number of hydrogen-bond donors (Lipinski definition) is 3.